The molecule has 0 aliphatic carbocycles. The van der Waals surface area contributed by atoms with E-state index in [2.05, 4.69) is 34.7 Å². The Kier molecular flexibility index (Phi) is 4.22. The lowest BCUT2D eigenvalue weighted by Gasteiger charge is -2.22. The molecule has 1 heterocycles. The minimum absolute atomic E-state index is 0.103. The van der Waals surface area contributed by atoms with Gasteiger partial charge in [-0.2, -0.15) is 5.10 Å². The van der Waals surface area contributed by atoms with Crippen molar-refractivity contribution in [3.05, 3.63) is 48.3 Å². The predicted molar refractivity (Wildman–Crippen MR) is 77.1 cm³/mol. The predicted octanol–water partition coefficient (Wildman–Crippen LogP) is 2.36. The van der Waals surface area contributed by atoms with E-state index in [0.29, 0.717) is 0 Å². The van der Waals surface area contributed by atoms with E-state index in [1.165, 1.54) is 5.56 Å². The molecule has 0 spiro atoms. The number of rotatable bonds is 6. The van der Waals surface area contributed by atoms with Crippen LogP contribution in [0.5, 0.6) is 0 Å². The molecule has 4 heteroatoms. The summed E-state index contributed by atoms with van der Waals surface area (Å²) in [5.41, 5.74) is 2.19. The minimum Gasteiger partial charge on any atom is -0.396 e. The number of nitrogens with zero attached hydrogens (tertiary/aromatic N) is 2. The molecule has 0 fully saturated rings. The molecule has 0 aliphatic rings. The van der Waals surface area contributed by atoms with Crippen LogP contribution < -0.4 is 5.32 Å². The van der Waals surface area contributed by atoms with Crippen molar-refractivity contribution in [2.24, 2.45) is 5.41 Å². The van der Waals surface area contributed by atoms with Crippen molar-refractivity contribution in [2.45, 2.75) is 20.4 Å². The van der Waals surface area contributed by atoms with Crippen LogP contribution in [0.15, 0.2) is 42.7 Å². The van der Waals surface area contributed by atoms with E-state index in [9.17, 15) is 5.11 Å². The number of hydrogen-bond donors (Lipinski definition) is 2. The molecule has 0 bridgehead atoms. The molecule has 0 unspecified atom stereocenters. The molecule has 1 aromatic carbocycles. The van der Waals surface area contributed by atoms with Crippen molar-refractivity contribution < 1.29 is 5.11 Å². The number of aliphatic hydroxyl groups is 1. The van der Waals surface area contributed by atoms with E-state index in [0.717, 1.165) is 18.8 Å². The normalized spacial score (nSPS) is 11.5. The summed E-state index contributed by atoms with van der Waals surface area (Å²) in [6.45, 7) is 5.78. The Labute approximate surface area is 114 Å². The highest BCUT2D eigenvalue weighted by atomic mass is 16.3. The zero-order chi connectivity index (χ0) is 13.7. The summed E-state index contributed by atoms with van der Waals surface area (Å²) < 4.78 is 1.90. The first kappa shape index (κ1) is 13.6. The smallest absolute Gasteiger partial charge is 0.0659 e. The zero-order valence-corrected chi connectivity index (χ0v) is 11.5. The first-order valence-electron chi connectivity index (χ1n) is 6.50. The number of aliphatic hydroxyl groups excluding tert-OH is 1. The van der Waals surface area contributed by atoms with Gasteiger partial charge in [0.05, 0.1) is 6.54 Å². The van der Waals surface area contributed by atoms with Crippen molar-refractivity contribution in [3.8, 4) is 0 Å². The van der Waals surface area contributed by atoms with Crippen LogP contribution >= 0.6 is 0 Å². The third kappa shape index (κ3) is 4.10. The van der Waals surface area contributed by atoms with Gasteiger partial charge in [-0.1, -0.05) is 26.0 Å². The van der Waals surface area contributed by atoms with Gasteiger partial charge in [0.1, 0.15) is 0 Å². The van der Waals surface area contributed by atoms with Gasteiger partial charge >= 0.3 is 0 Å². The van der Waals surface area contributed by atoms with E-state index >= 15 is 0 Å². The summed E-state index contributed by atoms with van der Waals surface area (Å²) >= 11 is 0. The van der Waals surface area contributed by atoms with Crippen molar-refractivity contribution in [1.29, 1.82) is 0 Å². The lowest BCUT2D eigenvalue weighted by atomic mass is 9.95. The molecule has 102 valence electrons. The van der Waals surface area contributed by atoms with Gasteiger partial charge in [-0.25, -0.2) is 0 Å². The van der Waals surface area contributed by atoms with E-state index < -0.39 is 0 Å². The van der Waals surface area contributed by atoms with E-state index in [1.807, 2.05) is 30.8 Å². The maximum atomic E-state index is 9.21. The zero-order valence-electron chi connectivity index (χ0n) is 11.5. The van der Waals surface area contributed by atoms with E-state index in [4.69, 9.17) is 0 Å². The number of benzene rings is 1. The largest absolute Gasteiger partial charge is 0.396 e. The third-order valence-corrected chi connectivity index (χ3v) is 3.06. The molecule has 2 aromatic rings. The highest BCUT2D eigenvalue weighted by Crippen LogP contribution is 2.16. The topological polar surface area (TPSA) is 50.1 Å². The molecule has 0 radical (unpaired) electrons. The average molecular weight is 259 g/mol. The molecular weight excluding hydrogens is 238 g/mol. The summed E-state index contributed by atoms with van der Waals surface area (Å²) in [7, 11) is 0. The molecule has 0 atom stereocenters. The van der Waals surface area contributed by atoms with Gasteiger partial charge in [0.25, 0.3) is 0 Å². The van der Waals surface area contributed by atoms with Crippen LogP contribution in [-0.4, -0.2) is 28.0 Å². The molecule has 0 aliphatic heterocycles. The van der Waals surface area contributed by atoms with Crippen LogP contribution in [0.1, 0.15) is 19.4 Å². The fourth-order valence-corrected chi connectivity index (χ4v) is 1.71. The summed E-state index contributed by atoms with van der Waals surface area (Å²) in [6, 6.07) is 10.2. The second kappa shape index (κ2) is 5.89. The second-order valence-corrected chi connectivity index (χ2v) is 5.58. The van der Waals surface area contributed by atoms with Gasteiger partial charge in [-0.15, -0.1) is 0 Å². The Morgan fingerprint density at radius 3 is 2.58 bits per heavy atom. The monoisotopic (exact) mass is 259 g/mol. The van der Waals surface area contributed by atoms with Gasteiger partial charge in [-0.05, 0) is 23.8 Å². The van der Waals surface area contributed by atoms with Crippen LogP contribution in [0.2, 0.25) is 0 Å². The Balaban J connectivity index is 1.91. The van der Waals surface area contributed by atoms with Gasteiger partial charge in [-0.3, -0.25) is 4.68 Å². The molecule has 2 rings (SSSR count). The maximum Gasteiger partial charge on any atom is 0.0659 e. The van der Waals surface area contributed by atoms with Crippen LogP contribution in [0.4, 0.5) is 5.69 Å². The minimum atomic E-state index is -0.103. The van der Waals surface area contributed by atoms with Crippen molar-refractivity contribution >= 4 is 5.69 Å². The molecule has 1 aromatic heterocycles. The Bertz CT molecular complexity index is 489. The van der Waals surface area contributed by atoms with Crippen LogP contribution in [0.25, 0.3) is 0 Å². The number of hydrogen-bond acceptors (Lipinski definition) is 3. The van der Waals surface area contributed by atoms with Crippen LogP contribution in [0, 0.1) is 5.41 Å². The molecular formula is C15H21N3O. The van der Waals surface area contributed by atoms with Crippen molar-refractivity contribution in [1.82, 2.24) is 9.78 Å². The first-order valence-corrected chi connectivity index (χ1v) is 6.50. The molecule has 0 saturated carbocycles. The lowest BCUT2D eigenvalue weighted by molar-refractivity contribution is 0.171. The second-order valence-electron chi connectivity index (χ2n) is 5.58. The molecule has 0 amide bonds. The standard InChI is InChI=1S/C15H21N3O/c1-15(2,12-19)11-16-14-6-4-13(5-7-14)10-18-9-3-8-17-18/h3-9,16,19H,10-12H2,1-2H3. The highest BCUT2D eigenvalue weighted by molar-refractivity contribution is 5.44. The van der Waals surface area contributed by atoms with Gasteiger partial charge in [0.15, 0.2) is 0 Å². The third-order valence-electron chi connectivity index (χ3n) is 3.06. The Morgan fingerprint density at radius 1 is 1.26 bits per heavy atom. The maximum absolute atomic E-state index is 9.21. The fourth-order valence-electron chi connectivity index (χ4n) is 1.71. The van der Waals surface area contributed by atoms with E-state index in [-0.39, 0.29) is 12.0 Å². The highest BCUT2D eigenvalue weighted by Gasteiger charge is 2.15. The number of aromatic nitrogens is 2. The summed E-state index contributed by atoms with van der Waals surface area (Å²) in [4.78, 5) is 0. The average Bonchev–Trinajstić information content (AvgIpc) is 2.91. The Morgan fingerprint density at radius 2 is 2.00 bits per heavy atom. The fraction of sp³-hybridized carbons (Fsp3) is 0.400. The van der Waals surface area contributed by atoms with E-state index in [1.54, 1.807) is 6.20 Å². The van der Waals surface area contributed by atoms with Gasteiger partial charge in [0.2, 0.25) is 0 Å². The van der Waals surface area contributed by atoms with Gasteiger partial charge < -0.3 is 10.4 Å². The summed E-state index contributed by atoms with van der Waals surface area (Å²) in [5.74, 6) is 0. The Hall–Kier alpha value is -1.81. The molecule has 4 nitrogen and oxygen atoms in total. The van der Waals surface area contributed by atoms with Gasteiger partial charge in [0, 0.05) is 36.6 Å². The first-order chi connectivity index (χ1) is 9.09. The summed E-state index contributed by atoms with van der Waals surface area (Å²) in [6.07, 6.45) is 3.74. The van der Waals surface area contributed by atoms with Crippen molar-refractivity contribution in [2.75, 3.05) is 18.5 Å². The van der Waals surface area contributed by atoms with Crippen molar-refractivity contribution in [3.63, 3.8) is 0 Å². The molecule has 19 heavy (non-hydrogen) atoms. The molecule has 0 saturated heterocycles. The number of nitrogens with one attached hydrogen (secondary N) is 1. The quantitative estimate of drug-likeness (QED) is 0.837. The lowest BCUT2D eigenvalue weighted by Crippen LogP contribution is -2.26. The number of anilines is 1. The summed E-state index contributed by atoms with van der Waals surface area (Å²) in [5, 5.41) is 16.7. The van der Waals surface area contributed by atoms with Crippen LogP contribution in [-0.2, 0) is 6.54 Å². The molecule has 2 N–H and O–H groups in total. The van der Waals surface area contributed by atoms with Crippen LogP contribution in [0.3, 0.4) is 0 Å². The SMILES string of the molecule is CC(C)(CO)CNc1ccc(Cn2cccn2)cc1.